The molecule has 0 spiro atoms. The van der Waals surface area contributed by atoms with E-state index in [1.54, 1.807) is 6.20 Å². The van der Waals surface area contributed by atoms with E-state index in [-0.39, 0.29) is 0 Å². The molecule has 116 valence electrons. The van der Waals surface area contributed by atoms with Crippen molar-refractivity contribution in [2.75, 3.05) is 7.05 Å². The van der Waals surface area contributed by atoms with E-state index in [0.717, 1.165) is 18.5 Å². The minimum absolute atomic E-state index is 0.413. The van der Waals surface area contributed by atoms with Crippen LogP contribution in [0.25, 0.3) is 11.5 Å². The fourth-order valence-corrected chi connectivity index (χ4v) is 3.23. The zero-order valence-corrected chi connectivity index (χ0v) is 13.0. The first-order chi connectivity index (χ1) is 11.3. The first-order valence-electron chi connectivity index (χ1n) is 7.83. The van der Waals surface area contributed by atoms with Crippen LogP contribution < -0.4 is 0 Å². The molecule has 1 atom stereocenters. The minimum atomic E-state index is 0.413. The lowest BCUT2D eigenvalue weighted by Gasteiger charge is -2.23. The van der Waals surface area contributed by atoms with Crippen molar-refractivity contribution in [2.24, 2.45) is 0 Å². The first-order valence-corrected chi connectivity index (χ1v) is 7.83. The number of aryl methyl sites for hydroxylation is 1. The highest BCUT2D eigenvalue weighted by molar-refractivity contribution is 5.47. The number of hydrogen-bond donors (Lipinski definition) is 0. The molecule has 1 aromatic carbocycles. The van der Waals surface area contributed by atoms with Gasteiger partial charge in [-0.2, -0.15) is 4.98 Å². The maximum atomic E-state index is 5.39. The molecule has 1 aliphatic rings. The standard InChI is InChI=1S/C18H18N4O/c1-22(16-10-9-13-6-2-3-7-14(13)16)12-17-20-18(21-23-17)15-8-4-5-11-19-15/h2-8,11,16H,9-10,12H2,1H3/t16-/m0/s1. The molecule has 5 heteroatoms. The van der Waals surface area contributed by atoms with E-state index in [4.69, 9.17) is 4.52 Å². The Labute approximate surface area is 135 Å². The van der Waals surface area contributed by atoms with E-state index in [9.17, 15) is 0 Å². The number of fused-ring (bicyclic) bond motifs is 1. The van der Waals surface area contributed by atoms with Crippen molar-refractivity contribution in [1.82, 2.24) is 20.0 Å². The number of rotatable bonds is 4. The van der Waals surface area contributed by atoms with E-state index in [1.807, 2.05) is 18.2 Å². The third-order valence-electron chi connectivity index (χ3n) is 4.38. The van der Waals surface area contributed by atoms with Crippen LogP contribution in [-0.4, -0.2) is 27.1 Å². The molecule has 0 bridgehead atoms. The Morgan fingerprint density at radius 3 is 2.91 bits per heavy atom. The van der Waals surface area contributed by atoms with Crippen molar-refractivity contribution in [3.05, 3.63) is 65.7 Å². The van der Waals surface area contributed by atoms with Crippen LogP contribution in [0.1, 0.15) is 29.5 Å². The lowest BCUT2D eigenvalue weighted by atomic mass is 10.1. The second kappa shape index (κ2) is 5.93. The van der Waals surface area contributed by atoms with Gasteiger partial charge in [-0.15, -0.1) is 0 Å². The van der Waals surface area contributed by atoms with Gasteiger partial charge in [-0.1, -0.05) is 35.5 Å². The summed E-state index contributed by atoms with van der Waals surface area (Å²) >= 11 is 0. The summed E-state index contributed by atoms with van der Waals surface area (Å²) in [5, 5.41) is 4.04. The van der Waals surface area contributed by atoms with Gasteiger partial charge >= 0.3 is 0 Å². The molecule has 5 nitrogen and oxygen atoms in total. The minimum Gasteiger partial charge on any atom is -0.337 e. The fourth-order valence-electron chi connectivity index (χ4n) is 3.23. The van der Waals surface area contributed by atoms with Crippen molar-refractivity contribution >= 4 is 0 Å². The molecular formula is C18H18N4O. The summed E-state index contributed by atoms with van der Waals surface area (Å²) in [7, 11) is 2.11. The van der Waals surface area contributed by atoms with Gasteiger partial charge in [-0.3, -0.25) is 9.88 Å². The fraction of sp³-hybridized carbons (Fsp3) is 0.278. The van der Waals surface area contributed by atoms with Crippen LogP contribution in [-0.2, 0) is 13.0 Å². The van der Waals surface area contributed by atoms with E-state index >= 15 is 0 Å². The van der Waals surface area contributed by atoms with Crippen LogP contribution in [0, 0.1) is 0 Å². The Balaban J connectivity index is 1.50. The summed E-state index contributed by atoms with van der Waals surface area (Å²) in [6, 6.07) is 14.7. The predicted octanol–water partition coefficient (Wildman–Crippen LogP) is 3.25. The van der Waals surface area contributed by atoms with E-state index in [1.165, 1.54) is 11.1 Å². The molecule has 0 amide bonds. The molecule has 23 heavy (non-hydrogen) atoms. The number of pyridine rings is 1. The Kier molecular flexibility index (Phi) is 3.63. The van der Waals surface area contributed by atoms with Crippen molar-refractivity contribution in [3.8, 4) is 11.5 Å². The van der Waals surface area contributed by atoms with Gasteiger partial charge < -0.3 is 4.52 Å². The van der Waals surface area contributed by atoms with Gasteiger partial charge in [0, 0.05) is 12.2 Å². The Morgan fingerprint density at radius 1 is 1.17 bits per heavy atom. The van der Waals surface area contributed by atoms with E-state index < -0.39 is 0 Å². The van der Waals surface area contributed by atoms with E-state index in [0.29, 0.717) is 24.3 Å². The molecule has 0 aliphatic heterocycles. The number of nitrogens with zero attached hydrogens (tertiary/aromatic N) is 4. The van der Waals surface area contributed by atoms with Crippen LogP contribution in [0.3, 0.4) is 0 Å². The molecule has 2 aromatic heterocycles. The molecule has 1 aliphatic carbocycles. The first kappa shape index (κ1) is 14.1. The highest BCUT2D eigenvalue weighted by Gasteiger charge is 2.26. The average molecular weight is 306 g/mol. The van der Waals surface area contributed by atoms with Crippen LogP contribution in [0.2, 0.25) is 0 Å². The molecule has 2 heterocycles. The van der Waals surface area contributed by atoms with Gasteiger partial charge in [0.2, 0.25) is 11.7 Å². The summed E-state index contributed by atoms with van der Waals surface area (Å²) in [5.74, 6) is 1.17. The van der Waals surface area contributed by atoms with Crippen molar-refractivity contribution in [2.45, 2.75) is 25.4 Å². The van der Waals surface area contributed by atoms with Gasteiger partial charge in [0.05, 0.1) is 6.54 Å². The molecule has 0 unspecified atom stereocenters. The molecule has 3 aromatic rings. The molecule has 0 saturated carbocycles. The summed E-state index contributed by atoms with van der Waals surface area (Å²) in [4.78, 5) is 11.0. The van der Waals surface area contributed by atoms with Gasteiger partial charge in [0.25, 0.3) is 0 Å². The zero-order valence-electron chi connectivity index (χ0n) is 13.0. The SMILES string of the molecule is CN(Cc1nc(-c2ccccn2)no1)[C@H]1CCc2ccccc21. The third kappa shape index (κ3) is 2.75. The Morgan fingerprint density at radius 2 is 2.04 bits per heavy atom. The molecule has 0 saturated heterocycles. The van der Waals surface area contributed by atoms with Crippen molar-refractivity contribution in [1.29, 1.82) is 0 Å². The maximum absolute atomic E-state index is 5.39. The molecular weight excluding hydrogens is 288 g/mol. The highest BCUT2D eigenvalue weighted by atomic mass is 16.5. The van der Waals surface area contributed by atoms with Crippen LogP contribution >= 0.6 is 0 Å². The van der Waals surface area contributed by atoms with Crippen molar-refractivity contribution < 1.29 is 4.52 Å². The predicted molar refractivity (Wildman–Crippen MR) is 86.5 cm³/mol. The van der Waals surface area contributed by atoms with Gasteiger partial charge in [-0.05, 0) is 43.1 Å². The maximum Gasteiger partial charge on any atom is 0.241 e. The monoisotopic (exact) mass is 306 g/mol. The summed E-state index contributed by atoms with van der Waals surface area (Å²) < 4.78 is 5.39. The highest BCUT2D eigenvalue weighted by Crippen LogP contribution is 2.35. The Hall–Kier alpha value is -2.53. The average Bonchev–Trinajstić information content (AvgIpc) is 3.22. The number of benzene rings is 1. The summed E-state index contributed by atoms with van der Waals surface area (Å²) in [6.45, 7) is 0.638. The summed E-state index contributed by atoms with van der Waals surface area (Å²) in [5.41, 5.74) is 3.60. The molecule has 0 radical (unpaired) electrons. The lowest BCUT2D eigenvalue weighted by molar-refractivity contribution is 0.204. The Bertz CT molecular complexity index is 800. The zero-order chi connectivity index (χ0) is 15.6. The number of aromatic nitrogens is 3. The molecule has 0 fully saturated rings. The smallest absolute Gasteiger partial charge is 0.241 e. The normalized spacial score (nSPS) is 16.7. The number of hydrogen-bond acceptors (Lipinski definition) is 5. The third-order valence-corrected chi connectivity index (χ3v) is 4.38. The van der Waals surface area contributed by atoms with Crippen LogP contribution in [0.15, 0.2) is 53.2 Å². The largest absolute Gasteiger partial charge is 0.337 e. The topological polar surface area (TPSA) is 55.1 Å². The van der Waals surface area contributed by atoms with Crippen molar-refractivity contribution in [3.63, 3.8) is 0 Å². The molecule has 0 N–H and O–H groups in total. The van der Waals surface area contributed by atoms with E-state index in [2.05, 4.69) is 51.3 Å². The second-order valence-corrected chi connectivity index (χ2v) is 5.90. The van der Waals surface area contributed by atoms with Crippen LogP contribution in [0.4, 0.5) is 0 Å². The second-order valence-electron chi connectivity index (χ2n) is 5.90. The summed E-state index contributed by atoms with van der Waals surface area (Å²) in [6.07, 6.45) is 4.00. The lowest BCUT2D eigenvalue weighted by Crippen LogP contribution is -2.22. The quantitative estimate of drug-likeness (QED) is 0.740. The van der Waals surface area contributed by atoms with Crippen LogP contribution in [0.5, 0.6) is 0 Å². The van der Waals surface area contributed by atoms with Gasteiger partial charge in [0.1, 0.15) is 5.69 Å². The molecule has 4 rings (SSSR count). The van der Waals surface area contributed by atoms with Gasteiger partial charge in [0.15, 0.2) is 0 Å². The van der Waals surface area contributed by atoms with Gasteiger partial charge in [-0.25, -0.2) is 0 Å².